The minimum atomic E-state index is -3.77. The molecule has 0 radical (unpaired) electrons. The summed E-state index contributed by atoms with van der Waals surface area (Å²) < 4.78 is 27.6. The maximum atomic E-state index is 12.5. The summed E-state index contributed by atoms with van der Waals surface area (Å²) in [6.07, 6.45) is 4.75. The molecule has 1 saturated carbocycles. The Labute approximate surface area is 129 Å². The first-order chi connectivity index (χ1) is 9.81. The highest BCUT2D eigenvalue weighted by Gasteiger charge is 2.25. The van der Waals surface area contributed by atoms with Gasteiger partial charge in [0.15, 0.2) is 0 Å². The summed E-state index contributed by atoms with van der Waals surface area (Å²) in [5, 5.41) is 9.23. The van der Waals surface area contributed by atoms with Crippen LogP contribution in [-0.4, -0.2) is 25.5 Å². The van der Waals surface area contributed by atoms with Crippen LogP contribution in [0.1, 0.15) is 48.0 Å². The van der Waals surface area contributed by atoms with Crippen LogP contribution in [0.4, 0.5) is 0 Å². The van der Waals surface area contributed by atoms with Crippen LogP contribution in [0.25, 0.3) is 0 Å². The van der Waals surface area contributed by atoms with Gasteiger partial charge in [0, 0.05) is 11.1 Å². The van der Waals surface area contributed by atoms with E-state index in [0.717, 1.165) is 32.1 Å². The van der Waals surface area contributed by atoms with Crippen molar-refractivity contribution in [3.8, 4) is 0 Å². The number of rotatable bonds is 4. The van der Waals surface area contributed by atoms with Crippen LogP contribution in [0.5, 0.6) is 0 Å². The van der Waals surface area contributed by atoms with E-state index in [0.29, 0.717) is 0 Å². The first kappa shape index (κ1) is 16.3. The van der Waals surface area contributed by atoms with Gasteiger partial charge in [-0.2, -0.15) is 0 Å². The number of hydrogen-bond donors (Lipinski definition) is 2. The first-order valence-electron chi connectivity index (χ1n) is 6.87. The van der Waals surface area contributed by atoms with Crippen molar-refractivity contribution in [2.75, 3.05) is 0 Å². The van der Waals surface area contributed by atoms with Crippen LogP contribution in [0.3, 0.4) is 0 Å². The van der Waals surface area contributed by atoms with Gasteiger partial charge < -0.3 is 5.11 Å². The molecule has 21 heavy (non-hydrogen) atoms. The molecule has 0 spiro atoms. The van der Waals surface area contributed by atoms with Crippen LogP contribution in [-0.2, 0) is 10.0 Å². The molecule has 1 aromatic rings. The van der Waals surface area contributed by atoms with Gasteiger partial charge in [-0.1, -0.05) is 30.9 Å². The lowest BCUT2D eigenvalue weighted by Crippen LogP contribution is -2.36. The number of sulfonamides is 1. The number of aromatic carboxylic acids is 1. The Kier molecular flexibility index (Phi) is 4.91. The van der Waals surface area contributed by atoms with Crippen molar-refractivity contribution in [2.45, 2.75) is 50.0 Å². The van der Waals surface area contributed by atoms with Crippen molar-refractivity contribution in [3.63, 3.8) is 0 Å². The lowest BCUT2D eigenvalue weighted by molar-refractivity contribution is 0.0696. The third kappa shape index (κ3) is 3.75. The molecule has 1 fully saturated rings. The SMILES string of the molecule is Cc1c(C(=O)O)cc(Cl)cc1S(=O)(=O)NC1CCCCC1. The second-order valence-electron chi connectivity index (χ2n) is 5.34. The molecule has 7 heteroatoms. The lowest BCUT2D eigenvalue weighted by atomic mass is 9.96. The molecule has 1 aromatic carbocycles. The molecule has 2 N–H and O–H groups in total. The van der Waals surface area contributed by atoms with Crippen molar-refractivity contribution in [1.82, 2.24) is 4.72 Å². The van der Waals surface area contributed by atoms with Gasteiger partial charge in [0.2, 0.25) is 10.0 Å². The Hall–Kier alpha value is -1.11. The van der Waals surface area contributed by atoms with Crippen LogP contribution < -0.4 is 4.72 Å². The normalized spacial score (nSPS) is 16.9. The molecule has 0 bridgehead atoms. The Morgan fingerprint density at radius 3 is 2.48 bits per heavy atom. The van der Waals surface area contributed by atoms with Gasteiger partial charge in [0.05, 0.1) is 10.5 Å². The zero-order chi connectivity index (χ0) is 15.6. The first-order valence-corrected chi connectivity index (χ1v) is 8.73. The summed E-state index contributed by atoms with van der Waals surface area (Å²) in [5.41, 5.74) is 0.113. The molecular weight excluding hydrogens is 314 g/mol. The van der Waals surface area contributed by atoms with E-state index < -0.39 is 16.0 Å². The third-order valence-electron chi connectivity index (χ3n) is 3.77. The number of benzene rings is 1. The van der Waals surface area contributed by atoms with Crippen molar-refractivity contribution < 1.29 is 18.3 Å². The minimum absolute atomic E-state index is 0.0574. The van der Waals surface area contributed by atoms with Gasteiger partial charge >= 0.3 is 5.97 Å². The fourth-order valence-electron chi connectivity index (χ4n) is 2.66. The van der Waals surface area contributed by atoms with E-state index in [9.17, 15) is 13.2 Å². The van der Waals surface area contributed by atoms with E-state index >= 15 is 0 Å². The summed E-state index contributed by atoms with van der Waals surface area (Å²) in [7, 11) is -3.77. The van der Waals surface area contributed by atoms with Crippen molar-refractivity contribution in [3.05, 3.63) is 28.3 Å². The van der Waals surface area contributed by atoms with Crippen molar-refractivity contribution in [2.24, 2.45) is 0 Å². The summed E-state index contributed by atoms with van der Waals surface area (Å²) in [6.45, 7) is 1.48. The Morgan fingerprint density at radius 1 is 1.29 bits per heavy atom. The van der Waals surface area contributed by atoms with Gasteiger partial charge in [-0.15, -0.1) is 0 Å². The summed E-state index contributed by atoms with van der Waals surface area (Å²) in [4.78, 5) is 11.1. The van der Waals surface area contributed by atoms with Crippen molar-refractivity contribution in [1.29, 1.82) is 0 Å². The molecule has 116 valence electrons. The average Bonchev–Trinajstić information content (AvgIpc) is 2.41. The number of carboxylic acid groups (broad SMARTS) is 1. The molecule has 0 heterocycles. The zero-order valence-corrected chi connectivity index (χ0v) is 13.3. The summed E-state index contributed by atoms with van der Waals surface area (Å²) >= 11 is 5.86. The molecule has 0 atom stereocenters. The number of carbonyl (C=O) groups is 1. The van der Waals surface area contributed by atoms with E-state index in [4.69, 9.17) is 16.7 Å². The molecule has 5 nitrogen and oxygen atoms in total. The largest absolute Gasteiger partial charge is 0.478 e. The number of nitrogens with one attached hydrogen (secondary N) is 1. The molecule has 0 aromatic heterocycles. The predicted molar refractivity (Wildman–Crippen MR) is 80.3 cm³/mol. The van der Waals surface area contributed by atoms with E-state index in [1.165, 1.54) is 19.1 Å². The Balaban J connectivity index is 2.37. The lowest BCUT2D eigenvalue weighted by Gasteiger charge is -2.23. The van der Waals surface area contributed by atoms with Crippen LogP contribution >= 0.6 is 11.6 Å². The molecule has 0 saturated heterocycles. The maximum absolute atomic E-state index is 12.5. The molecule has 1 aliphatic rings. The fourth-order valence-corrected chi connectivity index (χ4v) is 4.54. The third-order valence-corrected chi connectivity index (χ3v) is 5.64. The fraction of sp³-hybridized carbons (Fsp3) is 0.500. The van der Waals surface area contributed by atoms with Crippen LogP contribution in [0.2, 0.25) is 5.02 Å². The van der Waals surface area contributed by atoms with Gasteiger partial charge in [-0.25, -0.2) is 17.9 Å². The molecule has 0 unspecified atom stereocenters. The minimum Gasteiger partial charge on any atom is -0.478 e. The van der Waals surface area contributed by atoms with E-state index in [1.54, 1.807) is 0 Å². The monoisotopic (exact) mass is 331 g/mol. The van der Waals surface area contributed by atoms with Gasteiger partial charge in [0.25, 0.3) is 0 Å². The maximum Gasteiger partial charge on any atom is 0.336 e. The van der Waals surface area contributed by atoms with Gasteiger partial charge in [-0.3, -0.25) is 0 Å². The van der Waals surface area contributed by atoms with Gasteiger partial charge in [-0.05, 0) is 37.5 Å². The summed E-state index contributed by atoms with van der Waals surface area (Å²) in [6, 6.07) is 2.48. The topological polar surface area (TPSA) is 83.5 Å². The molecule has 2 rings (SSSR count). The average molecular weight is 332 g/mol. The highest BCUT2D eigenvalue weighted by molar-refractivity contribution is 7.89. The zero-order valence-electron chi connectivity index (χ0n) is 11.7. The van der Waals surface area contributed by atoms with E-state index in [-0.39, 0.29) is 27.1 Å². The quantitative estimate of drug-likeness (QED) is 0.888. The van der Waals surface area contributed by atoms with E-state index in [1.807, 2.05) is 0 Å². The molecule has 1 aliphatic carbocycles. The standard InChI is InChI=1S/C14H18ClNO4S/c1-9-12(14(17)18)7-10(15)8-13(9)21(19,20)16-11-5-3-2-4-6-11/h7-8,11,16H,2-6H2,1H3,(H,17,18). The van der Waals surface area contributed by atoms with E-state index in [2.05, 4.69) is 4.72 Å². The highest BCUT2D eigenvalue weighted by atomic mass is 35.5. The Morgan fingerprint density at radius 2 is 1.90 bits per heavy atom. The highest BCUT2D eigenvalue weighted by Crippen LogP contribution is 2.26. The van der Waals surface area contributed by atoms with Crippen LogP contribution in [0.15, 0.2) is 17.0 Å². The summed E-state index contributed by atoms with van der Waals surface area (Å²) in [5.74, 6) is -1.19. The number of carboxylic acids is 1. The molecular formula is C14H18ClNO4S. The van der Waals surface area contributed by atoms with Crippen LogP contribution in [0, 0.1) is 6.92 Å². The predicted octanol–water partition coefficient (Wildman–Crippen LogP) is 2.96. The number of halogens is 1. The van der Waals surface area contributed by atoms with Gasteiger partial charge in [0.1, 0.15) is 0 Å². The molecule has 0 amide bonds. The van der Waals surface area contributed by atoms with Crippen molar-refractivity contribution >= 4 is 27.6 Å². The smallest absolute Gasteiger partial charge is 0.336 e. The number of hydrogen-bond acceptors (Lipinski definition) is 3. The second-order valence-corrected chi connectivity index (χ2v) is 7.46. The Bertz CT molecular complexity index is 651. The molecule has 0 aliphatic heterocycles. The second kappa shape index (κ2) is 6.34.